The van der Waals surface area contributed by atoms with E-state index in [2.05, 4.69) is 4.98 Å². The summed E-state index contributed by atoms with van der Waals surface area (Å²) in [4.78, 5) is 13.6. The predicted molar refractivity (Wildman–Crippen MR) is 56.9 cm³/mol. The Balaban J connectivity index is 0.00000225. The SMILES string of the molecule is CCON(OCC)c1ccc([N+]#N)cc1.[Cl-]. The summed E-state index contributed by atoms with van der Waals surface area (Å²) < 4.78 is 0. The summed E-state index contributed by atoms with van der Waals surface area (Å²) in [6, 6.07) is 6.83. The number of hydrogen-bond donors (Lipinski definition) is 0. The number of halogens is 1. The number of hydrogen-bond acceptors (Lipinski definition) is 4. The summed E-state index contributed by atoms with van der Waals surface area (Å²) in [6.45, 7) is 4.80. The van der Waals surface area contributed by atoms with Gasteiger partial charge >= 0.3 is 5.69 Å². The lowest BCUT2D eigenvalue weighted by molar-refractivity contribution is -0.0817. The van der Waals surface area contributed by atoms with Gasteiger partial charge in [-0.25, -0.2) is 9.68 Å². The van der Waals surface area contributed by atoms with Crippen molar-refractivity contribution < 1.29 is 22.1 Å². The van der Waals surface area contributed by atoms with E-state index in [9.17, 15) is 0 Å². The first-order valence-corrected chi connectivity index (χ1v) is 4.83. The topological polar surface area (TPSA) is 49.9 Å². The van der Waals surface area contributed by atoms with Crippen LogP contribution in [0, 0.1) is 5.39 Å². The molecule has 0 heterocycles. The van der Waals surface area contributed by atoms with Crippen LogP contribution in [0.1, 0.15) is 13.8 Å². The van der Waals surface area contributed by atoms with Crippen LogP contribution >= 0.6 is 0 Å². The van der Waals surface area contributed by atoms with Crippen LogP contribution in [0.15, 0.2) is 24.3 Å². The van der Waals surface area contributed by atoms with Crippen molar-refractivity contribution >= 4 is 11.4 Å². The molecule has 0 saturated heterocycles. The first-order chi connectivity index (χ1) is 7.31. The zero-order chi connectivity index (χ0) is 11.1. The molecule has 0 bridgehead atoms. The maximum Gasteiger partial charge on any atom is 0.385 e. The predicted octanol–water partition coefficient (Wildman–Crippen LogP) is -0.115. The standard InChI is InChI=1S/C10H14N3O2.ClH/c1-3-14-13(15-4-2)10-7-5-9(12-11)6-8-10;/h5-8H,3-4H2,1-2H3;1H/q+1;/p-1. The molecule has 0 N–H and O–H groups in total. The van der Waals surface area contributed by atoms with E-state index in [4.69, 9.17) is 15.1 Å². The molecule has 1 rings (SSSR count). The largest absolute Gasteiger partial charge is 1.00 e. The van der Waals surface area contributed by atoms with Crippen molar-refractivity contribution in [3.8, 4) is 0 Å². The summed E-state index contributed by atoms with van der Waals surface area (Å²) in [5.41, 5.74) is 1.25. The van der Waals surface area contributed by atoms with Crippen molar-refractivity contribution in [1.82, 2.24) is 0 Å². The summed E-state index contributed by atoms with van der Waals surface area (Å²) in [5.74, 6) is 0. The maximum atomic E-state index is 8.52. The highest BCUT2D eigenvalue weighted by Gasteiger charge is 2.09. The Kier molecular flexibility index (Phi) is 7.21. The van der Waals surface area contributed by atoms with Crippen LogP contribution in [-0.2, 0) is 9.68 Å². The lowest BCUT2D eigenvalue weighted by Crippen LogP contribution is -3.00. The molecule has 0 unspecified atom stereocenters. The van der Waals surface area contributed by atoms with E-state index in [-0.39, 0.29) is 12.4 Å². The van der Waals surface area contributed by atoms with E-state index in [0.717, 1.165) is 5.69 Å². The normalized spacial score (nSPS) is 9.06. The Hall–Kier alpha value is -1.35. The number of anilines is 1. The molecule has 0 aliphatic rings. The molecule has 16 heavy (non-hydrogen) atoms. The number of benzene rings is 1. The fourth-order valence-corrected chi connectivity index (χ4v) is 1.06. The Bertz CT molecular complexity index is 331. The third-order valence-electron chi connectivity index (χ3n) is 1.67. The molecule has 1 aromatic rings. The molecule has 0 aromatic heterocycles. The van der Waals surface area contributed by atoms with Crippen LogP contribution in [-0.4, -0.2) is 13.2 Å². The second-order valence-electron chi connectivity index (χ2n) is 2.71. The van der Waals surface area contributed by atoms with Crippen molar-refractivity contribution in [1.29, 1.82) is 5.39 Å². The molecule has 0 aliphatic carbocycles. The highest BCUT2D eigenvalue weighted by atomic mass is 35.5. The van der Waals surface area contributed by atoms with E-state index in [1.807, 2.05) is 13.8 Å². The Morgan fingerprint density at radius 2 is 1.62 bits per heavy atom. The van der Waals surface area contributed by atoms with Crippen LogP contribution < -0.4 is 17.6 Å². The van der Waals surface area contributed by atoms with Crippen LogP contribution in [0.3, 0.4) is 0 Å². The van der Waals surface area contributed by atoms with Crippen molar-refractivity contribution in [3.05, 3.63) is 29.2 Å². The van der Waals surface area contributed by atoms with Gasteiger partial charge in [-0.1, -0.05) is 0 Å². The monoisotopic (exact) mass is 243 g/mol. The van der Waals surface area contributed by atoms with Crippen molar-refractivity contribution in [3.63, 3.8) is 0 Å². The molecule has 6 heteroatoms. The quantitative estimate of drug-likeness (QED) is 0.535. The highest BCUT2D eigenvalue weighted by Crippen LogP contribution is 2.20. The van der Waals surface area contributed by atoms with E-state index in [0.29, 0.717) is 18.9 Å². The van der Waals surface area contributed by atoms with Crippen LogP contribution in [0.5, 0.6) is 0 Å². The van der Waals surface area contributed by atoms with Gasteiger partial charge in [-0.05, 0) is 26.0 Å². The van der Waals surface area contributed by atoms with Crippen LogP contribution in [0.4, 0.5) is 11.4 Å². The molecule has 0 amide bonds. The minimum absolute atomic E-state index is 0. The zero-order valence-electron chi connectivity index (χ0n) is 9.26. The highest BCUT2D eigenvalue weighted by molar-refractivity contribution is 5.53. The number of nitrogens with zero attached hydrogens (tertiary/aromatic N) is 3. The zero-order valence-corrected chi connectivity index (χ0v) is 10.0. The van der Waals surface area contributed by atoms with Gasteiger partial charge in [0, 0.05) is 12.1 Å². The van der Waals surface area contributed by atoms with Gasteiger partial charge in [-0.2, -0.15) is 0 Å². The average Bonchev–Trinajstić information content (AvgIpc) is 2.29. The molecule has 0 saturated carbocycles. The number of rotatable bonds is 5. The first kappa shape index (κ1) is 14.6. The average molecular weight is 244 g/mol. The summed E-state index contributed by atoms with van der Waals surface area (Å²) in [5, 5.41) is 9.87. The fraction of sp³-hybridized carbons (Fsp3) is 0.400. The lowest BCUT2D eigenvalue weighted by Gasteiger charge is -2.20. The molecule has 0 aliphatic heterocycles. The number of diazo groups is 1. The molecular formula is C10H14ClN3O2. The van der Waals surface area contributed by atoms with Gasteiger partial charge in [0.15, 0.2) is 4.98 Å². The Morgan fingerprint density at radius 1 is 1.12 bits per heavy atom. The molecular weight excluding hydrogens is 230 g/mol. The van der Waals surface area contributed by atoms with Gasteiger partial charge in [0.2, 0.25) is 5.39 Å². The second kappa shape index (κ2) is 7.88. The molecule has 0 atom stereocenters. The third kappa shape index (κ3) is 4.03. The van der Waals surface area contributed by atoms with Gasteiger partial charge in [-0.3, -0.25) is 0 Å². The summed E-state index contributed by atoms with van der Waals surface area (Å²) in [7, 11) is 0. The van der Waals surface area contributed by atoms with E-state index < -0.39 is 0 Å². The van der Waals surface area contributed by atoms with Crippen molar-refractivity contribution in [2.45, 2.75) is 13.8 Å². The summed E-state index contributed by atoms with van der Waals surface area (Å²) >= 11 is 0. The Labute approximate surface area is 101 Å². The molecule has 0 fully saturated rings. The van der Waals surface area contributed by atoms with Crippen molar-refractivity contribution in [2.24, 2.45) is 0 Å². The maximum absolute atomic E-state index is 8.52. The molecule has 0 spiro atoms. The molecule has 0 radical (unpaired) electrons. The van der Waals surface area contributed by atoms with Gasteiger partial charge in [0.25, 0.3) is 0 Å². The fourth-order valence-electron chi connectivity index (χ4n) is 1.06. The van der Waals surface area contributed by atoms with E-state index >= 15 is 0 Å². The van der Waals surface area contributed by atoms with Gasteiger partial charge in [0.1, 0.15) is 0 Å². The van der Waals surface area contributed by atoms with Gasteiger partial charge in [-0.15, -0.1) is 5.23 Å². The van der Waals surface area contributed by atoms with Gasteiger partial charge in [0.05, 0.1) is 18.9 Å². The van der Waals surface area contributed by atoms with Gasteiger partial charge < -0.3 is 12.4 Å². The second-order valence-corrected chi connectivity index (χ2v) is 2.71. The molecule has 88 valence electrons. The first-order valence-electron chi connectivity index (χ1n) is 4.83. The molecule has 5 nitrogen and oxygen atoms in total. The minimum atomic E-state index is 0. The lowest BCUT2D eigenvalue weighted by atomic mass is 10.3. The molecule has 1 aromatic carbocycles. The third-order valence-corrected chi connectivity index (χ3v) is 1.67. The summed E-state index contributed by atoms with van der Waals surface area (Å²) in [6.07, 6.45) is 0. The van der Waals surface area contributed by atoms with E-state index in [1.165, 1.54) is 5.23 Å². The minimum Gasteiger partial charge on any atom is -1.00 e. The van der Waals surface area contributed by atoms with E-state index in [1.54, 1.807) is 24.3 Å². The Morgan fingerprint density at radius 3 is 2.00 bits per heavy atom. The van der Waals surface area contributed by atoms with Crippen LogP contribution in [0.2, 0.25) is 0 Å². The van der Waals surface area contributed by atoms with Crippen LogP contribution in [0.25, 0.3) is 4.98 Å². The van der Waals surface area contributed by atoms with Crippen molar-refractivity contribution in [2.75, 3.05) is 18.4 Å². The smallest absolute Gasteiger partial charge is 0.385 e.